The minimum absolute atomic E-state index is 0.0746. The second-order valence-corrected chi connectivity index (χ2v) is 2.97. The van der Waals surface area contributed by atoms with Gasteiger partial charge in [0.1, 0.15) is 0 Å². The number of nitrogens with zero attached hydrogens (tertiary/aromatic N) is 2. The molecule has 0 atom stereocenters. The van der Waals surface area contributed by atoms with Crippen LogP contribution in [0, 0.1) is 10.1 Å². The number of hydrogen-bond donors (Lipinski definition) is 0. The smallest absolute Gasteiger partial charge is 0.358 e. The summed E-state index contributed by atoms with van der Waals surface area (Å²) in [6.45, 7) is 2.50. The van der Waals surface area contributed by atoms with Gasteiger partial charge in [-0.15, -0.1) is 0 Å². The highest BCUT2D eigenvalue weighted by Gasteiger charge is 2.17. The Balaban J connectivity index is 3.39. The van der Waals surface area contributed by atoms with Crippen LogP contribution in [-0.2, 0) is 0 Å². The number of pyridine rings is 1. The standard InChI is InChI=1S/C9H8N2O4/c1-5(12)7-3-8(6(2)13)10-9(4-7)11(14)15/h3-4H,1-2H3. The first-order valence-electron chi connectivity index (χ1n) is 4.10. The van der Waals surface area contributed by atoms with Gasteiger partial charge in [0.25, 0.3) is 0 Å². The van der Waals surface area contributed by atoms with Crippen LogP contribution in [0.5, 0.6) is 0 Å². The summed E-state index contributed by atoms with van der Waals surface area (Å²) in [4.78, 5) is 35.3. The van der Waals surface area contributed by atoms with Crippen molar-refractivity contribution >= 4 is 17.4 Å². The lowest BCUT2D eigenvalue weighted by atomic mass is 10.1. The van der Waals surface area contributed by atoms with Gasteiger partial charge in [0, 0.05) is 24.6 Å². The van der Waals surface area contributed by atoms with E-state index in [0.29, 0.717) is 0 Å². The fourth-order valence-corrected chi connectivity index (χ4v) is 0.993. The molecular weight excluding hydrogens is 200 g/mol. The summed E-state index contributed by atoms with van der Waals surface area (Å²) in [5.41, 5.74) is 0.0382. The molecule has 15 heavy (non-hydrogen) atoms. The maximum atomic E-state index is 11.0. The highest BCUT2D eigenvalue weighted by atomic mass is 16.6. The Labute approximate surface area is 85.1 Å². The van der Waals surface area contributed by atoms with Gasteiger partial charge in [-0.1, -0.05) is 0 Å². The fraction of sp³-hybridized carbons (Fsp3) is 0.222. The first-order chi connectivity index (χ1) is 6.91. The molecule has 0 aliphatic carbocycles. The molecule has 0 aliphatic rings. The Morgan fingerprint density at radius 2 is 1.87 bits per heavy atom. The number of Topliss-reactive ketones (excluding diaryl/α,β-unsaturated/α-hetero) is 2. The van der Waals surface area contributed by atoms with Gasteiger partial charge in [-0.2, -0.15) is 0 Å². The summed E-state index contributed by atoms with van der Waals surface area (Å²) in [5.74, 6) is -1.25. The van der Waals surface area contributed by atoms with Gasteiger partial charge < -0.3 is 10.1 Å². The van der Waals surface area contributed by atoms with Crippen molar-refractivity contribution in [2.45, 2.75) is 13.8 Å². The maximum absolute atomic E-state index is 11.0. The maximum Gasteiger partial charge on any atom is 0.364 e. The summed E-state index contributed by atoms with van der Waals surface area (Å²) >= 11 is 0. The number of carbonyl (C=O) groups excluding carboxylic acids is 2. The zero-order chi connectivity index (χ0) is 11.6. The van der Waals surface area contributed by atoms with Gasteiger partial charge >= 0.3 is 5.82 Å². The van der Waals surface area contributed by atoms with Crippen molar-refractivity contribution in [1.29, 1.82) is 0 Å². The third-order valence-electron chi connectivity index (χ3n) is 1.77. The Bertz CT molecular complexity index is 374. The molecule has 0 amide bonds. The lowest BCUT2D eigenvalue weighted by Crippen LogP contribution is -2.04. The van der Waals surface area contributed by atoms with Crippen LogP contribution < -0.4 is 0 Å². The number of carbonyl (C=O) groups is 2. The zero-order valence-electron chi connectivity index (χ0n) is 8.18. The molecule has 0 N–H and O–H groups in total. The van der Waals surface area contributed by atoms with E-state index < -0.39 is 16.5 Å². The average Bonchev–Trinajstić information content (AvgIpc) is 2.16. The van der Waals surface area contributed by atoms with Crippen molar-refractivity contribution in [3.05, 3.63) is 33.5 Å². The van der Waals surface area contributed by atoms with E-state index in [0.717, 1.165) is 6.07 Å². The molecule has 0 aromatic carbocycles. The quantitative estimate of drug-likeness (QED) is 0.425. The summed E-state index contributed by atoms with van der Waals surface area (Å²) in [5, 5.41) is 10.5. The average molecular weight is 208 g/mol. The van der Waals surface area contributed by atoms with Gasteiger partial charge in [-0.05, 0) is 16.8 Å². The Hall–Kier alpha value is -2.11. The first-order valence-corrected chi connectivity index (χ1v) is 4.10. The van der Waals surface area contributed by atoms with Crippen molar-refractivity contribution < 1.29 is 14.5 Å². The number of nitro groups is 1. The Morgan fingerprint density at radius 1 is 1.27 bits per heavy atom. The van der Waals surface area contributed by atoms with Crippen molar-refractivity contribution in [3.8, 4) is 0 Å². The molecule has 1 aromatic heterocycles. The molecule has 0 fully saturated rings. The molecule has 0 spiro atoms. The summed E-state index contributed by atoms with van der Waals surface area (Å²) in [7, 11) is 0. The molecule has 0 bridgehead atoms. The lowest BCUT2D eigenvalue weighted by molar-refractivity contribution is -0.389. The van der Waals surface area contributed by atoms with Crippen LogP contribution in [0.25, 0.3) is 0 Å². The van der Waals surface area contributed by atoms with E-state index in [9.17, 15) is 19.7 Å². The van der Waals surface area contributed by atoms with E-state index in [2.05, 4.69) is 4.98 Å². The molecule has 0 saturated heterocycles. The fourth-order valence-electron chi connectivity index (χ4n) is 0.993. The number of aromatic nitrogens is 1. The molecule has 1 heterocycles. The molecule has 0 saturated carbocycles. The largest absolute Gasteiger partial charge is 0.364 e. The predicted octanol–water partition coefficient (Wildman–Crippen LogP) is 1.40. The summed E-state index contributed by atoms with van der Waals surface area (Å²) in [6.07, 6.45) is 0. The van der Waals surface area contributed by atoms with Gasteiger partial charge in [-0.25, -0.2) is 0 Å². The normalized spacial score (nSPS) is 9.73. The summed E-state index contributed by atoms with van der Waals surface area (Å²) < 4.78 is 0. The third-order valence-corrected chi connectivity index (χ3v) is 1.77. The van der Waals surface area contributed by atoms with Crippen molar-refractivity contribution in [1.82, 2.24) is 4.98 Å². The molecule has 0 unspecified atom stereocenters. The second-order valence-electron chi connectivity index (χ2n) is 2.97. The van der Waals surface area contributed by atoms with E-state index in [1.165, 1.54) is 19.9 Å². The molecular formula is C9H8N2O4. The Kier molecular flexibility index (Phi) is 2.89. The minimum Gasteiger partial charge on any atom is -0.358 e. The van der Waals surface area contributed by atoms with Crippen LogP contribution in [0.3, 0.4) is 0 Å². The molecule has 0 radical (unpaired) electrons. The minimum atomic E-state index is -0.737. The summed E-state index contributed by atoms with van der Waals surface area (Å²) in [6, 6.07) is 2.30. The SMILES string of the molecule is CC(=O)c1cc(C(C)=O)nc([N+](=O)[O-])c1. The molecule has 0 aliphatic heterocycles. The number of ketones is 2. The highest BCUT2D eigenvalue weighted by molar-refractivity contribution is 5.98. The number of hydrogen-bond acceptors (Lipinski definition) is 5. The second kappa shape index (κ2) is 3.95. The molecule has 1 aromatic rings. The van der Waals surface area contributed by atoms with E-state index in [4.69, 9.17) is 0 Å². The Morgan fingerprint density at radius 3 is 2.27 bits per heavy atom. The third kappa shape index (κ3) is 2.43. The van der Waals surface area contributed by atoms with Gasteiger partial charge in [0.05, 0.1) is 0 Å². The van der Waals surface area contributed by atoms with Crippen LogP contribution in [0.2, 0.25) is 0 Å². The highest BCUT2D eigenvalue weighted by Crippen LogP contribution is 2.13. The monoisotopic (exact) mass is 208 g/mol. The van der Waals surface area contributed by atoms with Crippen LogP contribution in [0.4, 0.5) is 5.82 Å². The number of rotatable bonds is 3. The lowest BCUT2D eigenvalue weighted by Gasteiger charge is -1.97. The van der Waals surface area contributed by atoms with Gasteiger partial charge in [0.15, 0.2) is 5.78 Å². The van der Waals surface area contributed by atoms with Crippen molar-refractivity contribution in [3.63, 3.8) is 0 Å². The van der Waals surface area contributed by atoms with Crippen LogP contribution in [-0.4, -0.2) is 21.5 Å². The van der Waals surface area contributed by atoms with E-state index >= 15 is 0 Å². The molecule has 78 valence electrons. The van der Waals surface area contributed by atoms with Crippen LogP contribution in [0.15, 0.2) is 12.1 Å². The molecule has 6 nitrogen and oxygen atoms in total. The molecule has 6 heteroatoms. The van der Waals surface area contributed by atoms with E-state index in [-0.39, 0.29) is 17.0 Å². The van der Waals surface area contributed by atoms with Gasteiger partial charge in [0.2, 0.25) is 11.5 Å². The van der Waals surface area contributed by atoms with E-state index in [1.807, 2.05) is 0 Å². The molecule has 1 rings (SSSR count). The van der Waals surface area contributed by atoms with Gasteiger partial charge in [-0.3, -0.25) is 9.59 Å². The van der Waals surface area contributed by atoms with Crippen LogP contribution in [0.1, 0.15) is 34.7 Å². The topological polar surface area (TPSA) is 90.2 Å². The van der Waals surface area contributed by atoms with Crippen molar-refractivity contribution in [2.75, 3.05) is 0 Å². The van der Waals surface area contributed by atoms with Crippen molar-refractivity contribution in [2.24, 2.45) is 0 Å². The predicted molar refractivity (Wildman–Crippen MR) is 50.9 cm³/mol. The first kappa shape index (κ1) is 11.0. The zero-order valence-corrected chi connectivity index (χ0v) is 8.18. The van der Waals surface area contributed by atoms with E-state index in [1.54, 1.807) is 0 Å². The van der Waals surface area contributed by atoms with Crippen LogP contribution >= 0.6 is 0 Å².